The monoisotopic (exact) mass is 446 g/mol. The van der Waals surface area contributed by atoms with Crippen molar-refractivity contribution in [2.75, 3.05) is 13.2 Å². The van der Waals surface area contributed by atoms with Gasteiger partial charge in [0.1, 0.15) is 0 Å². The van der Waals surface area contributed by atoms with Gasteiger partial charge in [-0.15, -0.1) is 0 Å². The van der Waals surface area contributed by atoms with Crippen LogP contribution in [-0.4, -0.2) is 49.4 Å². The van der Waals surface area contributed by atoms with Crippen molar-refractivity contribution in [1.82, 2.24) is 0 Å². The number of esters is 3. The van der Waals surface area contributed by atoms with Crippen molar-refractivity contribution in [2.45, 2.75) is 18.3 Å². The molecule has 1 saturated heterocycles. The van der Waals surface area contributed by atoms with Gasteiger partial charge < -0.3 is 18.9 Å². The van der Waals surface area contributed by atoms with Crippen molar-refractivity contribution >= 4 is 17.9 Å². The largest absolute Gasteiger partial charge is 0.452 e. The van der Waals surface area contributed by atoms with Gasteiger partial charge in [-0.2, -0.15) is 0 Å². The van der Waals surface area contributed by atoms with E-state index in [0.29, 0.717) is 16.7 Å². The van der Waals surface area contributed by atoms with Gasteiger partial charge in [-0.3, -0.25) is 0 Å². The second-order valence-corrected chi connectivity index (χ2v) is 7.39. The van der Waals surface area contributed by atoms with E-state index < -0.39 is 36.2 Å². The van der Waals surface area contributed by atoms with E-state index in [2.05, 4.69) is 0 Å². The zero-order chi connectivity index (χ0) is 23.0. The normalized spacial score (nSPS) is 19.8. The van der Waals surface area contributed by atoms with Crippen molar-refractivity contribution < 1.29 is 33.3 Å². The molecule has 1 heterocycles. The number of hydrogen-bond acceptors (Lipinski definition) is 7. The smallest absolute Gasteiger partial charge is 0.338 e. The fraction of sp³-hybridized carbons (Fsp3) is 0.192. The third kappa shape index (κ3) is 5.64. The lowest BCUT2D eigenvalue weighted by Crippen LogP contribution is -2.53. The fourth-order valence-electron chi connectivity index (χ4n) is 3.41. The molecule has 7 nitrogen and oxygen atoms in total. The molecule has 1 aliphatic heterocycles. The maximum atomic E-state index is 12.8. The summed E-state index contributed by atoms with van der Waals surface area (Å²) in [5.41, 5.74) is 1.01. The van der Waals surface area contributed by atoms with Gasteiger partial charge in [0.15, 0.2) is 18.3 Å². The molecule has 3 aromatic carbocycles. The lowest BCUT2D eigenvalue weighted by atomic mass is 10.1. The molecule has 7 heteroatoms. The highest BCUT2D eigenvalue weighted by atomic mass is 16.6. The van der Waals surface area contributed by atoms with Gasteiger partial charge in [-0.1, -0.05) is 54.6 Å². The average Bonchev–Trinajstić information content (AvgIpc) is 2.87. The Hall–Kier alpha value is -3.97. The minimum atomic E-state index is -1.05. The van der Waals surface area contributed by atoms with Crippen LogP contribution in [0.4, 0.5) is 0 Å². The number of carbonyl (C=O) groups excluding carboxylic acids is 3. The van der Waals surface area contributed by atoms with Gasteiger partial charge in [0, 0.05) is 0 Å². The lowest BCUT2D eigenvalue weighted by Gasteiger charge is -2.36. The van der Waals surface area contributed by atoms with E-state index in [1.165, 1.54) is 0 Å². The maximum Gasteiger partial charge on any atom is 0.338 e. The molecule has 0 radical (unpaired) electrons. The molecule has 3 atom stereocenters. The van der Waals surface area contributed by atoms with Gasteiger partial charge >= 0.3 is 17.9 Å². The highest BCUT2D eigenvalue weighted by molar-refractivity contribution is 5.91. The Labute approximate surface area is 190 Å². The van der Waals surface area contributed by atoms with Gasteiger partial charge in [0.05, 0.1) is 29.9 Å². The van der Waals surface area contributed by atoms with Crippen molar-refractivity contribution in [3.63, 3.8) is 0 Å². The van der Waals surface area contributed by atoms with Crippen LogP contribution in [-0.2, 0) is 18.9 Å². The summed E-state index contributed by atoms with van der Waals surface area (Å²) in [6.07, 6.45) is -2.98. The number of ether oxygens (including phenoxy) is 4. The van der Waals surface area contributed by atoms with Crippen LogP contribution < -0.4 is 0 Å². The Bertz CT molecular complexity index is 1020. The Balaban J connectivity index is 1.55. The van der Waals surface area contributed by atoms with Gasteiger partial charge in [-0.05, 0) is 36.4 Å². The van der Waals surface area contributed by atoms with E-state index in [-0.39, 0.29) is 13.2 Å². The Morgan fingerprint density at radius 2 is 0.879 bits per heavy atom. The predicted octanol–water partition coefficient (Wildman–Crippen LogP) is 3.69. The second-order valence-electron chi connectivity index (χ2n) is 7.39. The first-order chi connectivity index (χ1) is 16.1. The van der Waals surface area contributed by atoms with Gasteiger partial charge in [0.2, 0.25) is 0 Å². The molecule has 0 amide bonds. The summed E-state index contributed by atoms with van der Waals surface area (Å²) >= 11 is 0. The molecule has 3 aromatic rings. The summed E-state index contributed by atoms with van der Waals surface area (Å²) in [5, 5.41) is 0. The van der Waals surface area contributed by atoms with E-state index in [1.807, 2.05) is 0 Å². The molecular formula is C26H22O7. The number of benzene rings is 3. The fourth-order valence-corrected chi connectivity index (χ4v) is 3.41. The number of carbonyl (C=O) groups is 3. The molecular weight excluding hydrogens is 424 g/mol. The topological polar surface area (TPSA) is 88.1 Å². The first-order valence-corrected chi connectivity index (χ1v) is 10.5. The SMILES string of the molecule is O=C(O[C@H]1[C@@H](OC(=O)c2ccccc2)COC[C@H]1OC(=O)c1ccccc1)c1ccccc1. The summed E-state index contributed by atoms with van der Waals surface area (Å²) in [4.78, 5) is 38.0. The average molecular weight is 446 g/mol. The first-order valence-electron chi connectivity index (χ1n) is 10.5. The zero-order valence-corrected chi connectivity index (χ0v) is 17.7. The summed E-state index contributed by atoms with van der Waals surface area (Å²) in [6, 6.07) is 25.3. The summed E-state index contributed by atoms with van der Waals surface area (Å²) in [5.74, 6) is -1.82. The van der Waals surface area contributed by atoms with E-state index in [1.54, 1.807) is 91.0 Å². The van der Waals surface area contributed by atoms with Crippen molar-refractivity contribution in [3.05, 3.63) is 108 Å². The van der Waals surface area contributed by atoms with Crippen LogP contribution in [0.1, 0.15) is 31.1 Å². The Kier molecular flexibility index (Phi) is 7.12. The molecule has 0 bridgehead atoms. The van der Waals surface area contributed by atoms with Gasteiger partial charge in [-0.25, -0.2) is 14.4 Å². The second kappa shape index (κ2) is 10.6. The van der Waals surface area contributed by atoms with E-state index in [0.717, 1.165) is 0 Å². The molecule has 4 rings (SSSR count). The quantitative estimate of drug-likeness (QED) is 0.421. The first kappa shape index (κ1) is 22.2. The van der Waals surface area contributed by atoms with Crippen LogP contribution in [0.2, 0.25) is 0 Å². The molecule has 1 fully saturated rings. The van der Waals surface area contributed by atoms with Crippen LogP contribution in [0, 0.1) is 0 Å². The Morgan fingerprint density at radius 1 is 0.545 bits per heavy atom. The number of hydrogen-bond donors (Lipinski definition) is 0. The highest BCUT2D eigenvalue weighted by Crippen LogP contribution is 2.22. The molecule has 0 unspecified atom stereocenters. The van der Waals surface area contributed by atoms with E-state index in [9.17, 15) is 14.4 Å². The molecule has 0 aromatic heterocycles. The van der Waals surface area contributed by atoms with Crippen molar-refractivity contribution in [3.8, 4) is 0 Å². The van der Waals surface area contributed by atoms with Crippen LogP contribution in [0.5, 0.6) is 0 Å². The van der Waals surface area contributed by atoms with Crippen LogP contribution in [0.25, 0.3) is 0 Å². The minimum Gasteiger partial charge on any atom is -0.452 e. The molecule has 0 spiro atoms. The molecule has 1 aliphatic rings. The minimum absolute atomic E-state index is 0.00923. The van der Waals surface area contributed by atoms with Crippen molar-refractivity contribution in [2.24, 2.45) is 0 Å². The van der Waals surface area contributed by atoms with Crippen LogP contribution in [0.3, 0.4) is 0 Å². The third-order valence-electron chi connectivity index (χ3n) is 5.09. The standard InChI is InChI=1S/C26H22O7/c27-24(18-10-4-1-5-11-18)31-21-16-30-17-22(32-25(28)19-12-6-2-7-13-19)23(21)33-26(29)20-14-8-3-9-15-20/h1-15,21-23H,16-17H2/t21-,22+,23-. The molecule has 0 N–H and O–H groups in total. The zero-order valence-electron chi connectivity index (χ0n) is 17.7. The van der Waals surface area contributed by atoms with Crippen LogP contribution in [0.15, 0.2) is 91.0 Å². The highest BCUT2D eigenvalue weighted by Gasteiger charge is 2.42. The van der Waals surface area contributed by atoms with Crippen molar-refractivity contribution in [1.29, 1.82) is 0 Å². The molecule has 168 valence electrons. The molecule has 0 saturated carbocycles. The Morgan fingerprint density at radius 3 is 1.24 bits per heavy atom. The predicted molar refractivity (Wildman–Crippen MR) is 118 cm³/mol. The molecule has 0 aliphatic carbocycles. The maximum absolute atomic E-state index is 12.8. The summed E-state index contributed by atoms with van der Waals surface area (Å²) < 4.78 is 22.5. The molecule has 33 heavy (non-hydrogen) atoms. The van der Waals surface area contributed by atoms with Gasteiger partial charge in [0.25, 0.3) is 0 Å². The summed E-state index contributed by atoms with van der Waals surface area (Å²) in [7, 11) is 0. The number of rotatable bonds is 6. The third-order valence-corrected chi connectivity index (χ3v) is 5.09. The van der Waals surface area contributed by atoms with Crippen LogP contribution >= 0.6 is 0 Å². The van der Waals surface area contributed by atoms with E-state index in [4.69, 9.17) is 18.9 Å². The lowest BCUT2D eigenvalue weighted by molar-refractivity contribution is -0.157. The van der Waals surface area contributed by atoms with E-state index >= 15 is 0 Å². The summed E-state index contributed by atoms with van der Waals surface area (Å²) in [6.45, 7) is -0.0185.